The minimum Gasteiger partial charge on any atom is -0.346 e. The zero-order chi connectivity index (χ0) is 14.1. The molecular weight excluding hydrogens is 244 g/mol. The lowest BCUT2D eigenvalue weighted by Gasteiger charge is -2.29. The molecule has 0 spiro atoms. The summed E-state index contributed by atoms with van der Waals surface area (Å²) in [5.74, 6) is 0.818. The van der Waals surface area contributed by atoms with Crippen molar-refractivity contribution in [1.29, 1.82) is 0 Å². The highest BCUT2D eigenvalue weighted by molar-refractivity contribution is 5.85. The molecule has 108 valence electrons. The maximum Gasteiger partial charge on any atom is 0.0483 e. The van der Waals surface area contributed by atoms with Crippen molar-refractivity contribution in [2.45, 2.75) is 52.1 Å². The normalized spacial score (nSPS) is 23.4. The van der Waals surface area contributed by atoms with E-state index in [1.54, 1.807) is 0 Å². The second-order valence-corrected chi connectivity index (χ2v) is 6.40. The van der Waals surface area contributed by atoms with Gasteiger partial charge in [0.1, 0.15) is 0 Å². The van der Waals surface area contributed by atoms with Crippen LogP contribution in [0.1, 0.15) is 43.9 Å². The van der Waals surface area contributed by atoms with Crippen molar-refractivity contribution in [3.8, 4) is 0 Å². The smallest absolute Gasteiger partial charge is 0.0483 e. The van der Waals surface area contributed by atoms with E-state index in [1.807, 2.05) is 0 Å². The number of aryl methyl sites for hydroxylation is 2. The Kier molecular flexibility index (Phi) is 3.84. The highest BCUT2D eigenvalue weighted by Gasteiger charge is 2.21. The summed E-state index contributed by atoms with van der Waals surface area (Å²) in [5, 5.41) is 5.20. The molecule has 2 atom stereocenters. The Hall–Kier alpha value is -1.28. The van der Waals surface area contributed by atoms with Crippen LogP contribution in [0.5, 0.6) is 0 Å². The van der Waals surface area contributed by atoms with Gasteiger partial charge in [-0.25, -0.2) is 0 Å². The molecule has 0 radical (unpaired) electrons. The number of nitrogens with zero attached hydrogens (tertiary/aromatic N) is 1. The van der Waals surface area contributed by atoms with Gasteiger partial charge in [-0.15, -0.1) is 0 Å². The lowest BCUT2D eigenvalue weighted by atomic mass is 9.86. The van der Waals surface area contributed by atoms with E-state index in [1.165, 1.54) is 47.8 Å². The molecule has 2 aromatic rings. The third-order valence-corrected chi connectivity index (χ3v) is 5.15. The number of para-hydroxylation sites is 1. The molecule has 0 amide bonds. The van der Waals surface area contributed by atoms with Crippen LogP contribution in [0, 0.1) is 12.8 Å². The molecule has 1 N–H and O–H groups in total. The van der Waals surface area contributed by atoms with E-state index >= 15 is 0 Å². The Bertz CT molecular complexity index is 558. The van der Waals surface area contributed by atoms with Crippen LogP contribution in [-0.2, 0) is 13.6 Å². The summed E-state index contributed by atoms with van der Waals surface area (Å²) in [6.07, 6.45) is 5.51. The maximum absolute atomic E-state index is 3.81. The van der Waals surface area contributed by atoms with E-state index in [-0.39, 0.29) is 0 Å². The van der Waals surface area contributed by atoms with Gasteiger partial charge in [-0.3, -0.25) is 0 Å². The van der Waals surface area contributed by atoms with Crippen LogP contribution < -0.4 is 5.32 Å². The molecule has 1 fully saturated rings. The van der Waals surface area contributed by atoms with Crippen molar-refractivity contribution >= 4 is 10.9 Å². The summed E-state index contributed by atoms with van der Waals surface area (Å²) in [7, 11) is 2.19. The predicted octanol–water partition coefficient (Wildman–Crippen LogP) is 4.16. The summed E-state index contributed by atoms with van der Waals surface area (Å²) in [6.45, 7) is 5.64. The molecule has 2 unspecified atom stereocenters. The molecule has 1 heterocycles. The number of fused-ring (bicyclic) bond motifs is 1. The van der Waals surface area contributed by atoms with Gasteiger partial charge in [0, 0.05) is 36.2 Å². The van der Waals surface area contributed by atoms with E-state index in [2.05, 4.69) is 55.0 Å². The van der Waals surface area contributed by atoms with Crippen LogP contribution in [-0.4, -0.2) is 10.6 Å². The number of aromatic nitrogens is 1. The van der Waals surface area contributed by atoms with Gasteiger partial charge in [-0.2, -0.15) is 0 Å². The van der Waals surface area contributed by atoms with E-state index in [0.29, 0.717) is 6.04 Å². The SMILES string of the molecule is Cc1c(CNC2CCCCC2C)n(C)c2ccccc12. The number of rotatable bonds is 3. The predicted molar refractivity (Wildman–Crippen MR) is 85.9 cm³/mol. The minimum absolute atomic E-state index is 0.696. The summed E-state index contributed by atoms with van der Waals surface area (Å²) >= 11 is 0. The second-order valence-electron chi connectivity index (χ2n) is 6.40. The minimum atomic E-state index is 0.696. The van der Waals surface area contributed by atoms with Gasteiger partial charge in [0.05, 0.1) is 0 Å². The van der Waals surface area contributed by atoms with Crippen molar-refractivity contribution in [2.75, 3.05) is 0 Å². The molecule has 1 aromatic heterocycles. The third kappa shape index (κ3) is 2.37. The molecule has 0 saturated heterocycles. The Labute approximate surface area is 122 Å². The number of hydrogen-bond acceptors (Lipinski definition) is 1. The maximum atomic E-state index is 3.81. The average molecular weight is 270 g/mol. The molecule has 1 aromatic carbocycles. The standard InChI is InChI=1S/C18H26N2/c1-13-8-4-6-10-16(13)19-12-18-14(2)15-9-5-7-11-17(15)20(18)3/h5,7,9,11,13,16,19H,4,6,8,10,12H2,1-3H3. The Morgan fingerprint density at radius 1 is 1.20 bits per heavy atom. The molecule has 0 bridgehead atoms. The van der Waals surface area contributed by atoms with Crippen LogP contribution in [0.25, 0.3) is 10.9 Å². The fourth-order valence-corrected chi connectivity index (χ4v) is 3.73. The van der Waals surface area contributed by atoms with E-state index < -0.39 is 0 Å². The van der Waals surface area contributed by atoms with Crippen molar-refractivity contribution in [1.82, 2.24) is 9.88 Å². The Morgan fingerprint density at radius 3 is 2.70 bits per heavy atom. The molecule has 2 nitrogen and oxygen atoms in total. The number of hydrogen-bond donors (Lipinski definition) is 1. The number of benzene rings is 1. The highest BCUT2D eigenvalue weighted by atomic mass is 15.0. The van der Waals surface area contributed by atoms with Crippen LogP contribution in [0.4, 0.5) is 0 Å². The largest absolute Gasteiger partial charge is 0.346 e. The first kappa shape index (κ1) is 13.7. The first-order chi connectivity index (χ1) is 9.68. The molecular formula is C18H26N2. The van der Waals surface area contributed by atoms with Gasteiger partial charge in [-0.05, 0) is 37.3 Å². The van der Waals surface area contributed by atoms with Crippen LogP contribution in [0.2, 0.25) is 0 Å². The Balaban J connectivity index is 1.80. The fourth-order valence-electron chi connectivity index (χ4n) is 3.73. The monoisotopic (exact) mass is 270 g/mol. The summed E-state index contributed by atoms with van der Waals surface area (Å²) < 4.78 is 2.35. The lowest BCUT2D eigenvalue weighted by Crippen LogP contribution is -2.37. The van der Waals surface area contributed by atoms with E-state index in [4.69, 9.17) is 0 Å². The molecule has 3 rings (SSSR count). The fraction of sp³-hybridized carbons (Fsp3) is 0.556. The van der Waals surface area contributed by atoms with Crippen molar-refractivity contribution in [2.24, 2.45) is 13.0 Å². The highest BCUT2D eigenvalue weighted by Crippen LogP contribution is 2.26. The summed E-state index contributed by atoms with van der Waals surface area (Å²) in [5.41, 5.74) is 4.21. The number of nitrogens with one attached hydrogen (secondary N) is 1. The second kappa shape index (κ2) is 5.61. The molecule has 1 aliphatic carbocycles. The molecule has 2 heteroatoms. The van der Waals surface area contributed by atoms with Gasteiger partial charge < -0.3 is 9.88 Å². The lowest BCUT2D eigenvalue weighted by molar-refractivity contribution is 0.278. The van der Waals surface area contributed by atoms with Gasteiger partial charge in [0.25, 0.3) is 0 Å². The van der Waals surface area contributed by atoms with Crippen LogP contribution in [0.3, 0.4) is 0 Å². The van der Waals surface area contributed by atoms with E-state index in [9.17, 15) is 0 Å². The van der Waals surface area contributed by atoms with Gasteiger partial charge >= 0.3 is 0 Å². The first-order valence-corrected chi connectivity index (χ1v) is 7.94. The van der Waals surface area contributed by atoms with Crippen LogP contribution in [0.15, 0.2) is 24.3 Å². The van der Waals surface area contributed by atoms with Gasteiger partial charge in [-0.1, -0.05) is 38.0 Å². The molecule has 20 heavy (non-hydrogen) atoms. The zero-order valence-electron chi connectivity index (χ0n) is 12.9. The van der Waals surface area contributed by atoms with E-state index in [0.717, 1.165) is 12.5 Å². The van der Waals surface area contributed by atoms with Gasteiger partial charge in [0.2, 0.25) is 0 Å². The van der Waals surface area contributed by atoms with Crippen molar-refractivity contribution < 1.29 is 0 Å². The van der Waals surface area contributed by atoms with Gasteiger partial charge in [0.15, 0.2) is 0 Å². The zero-order valence-corrected chi connectivity index (χ0v) is 12.9. The topological polar surface area (TPSA) is 17.0 Å². The third-order valence-electron chi connectivity index (χ3n) is 5.15. The van der Waals surface area contributed by atoms with Crippen LogP contribution >= 0.6 is 0 Å². The van der Waals surface area contributed by atoms with Crippen molar-refractivity contribution in [3.63, 3.8) is 0 Å². The first-order valence-electron chi connectivity index (χ1n) is 7.94. The summed E-state index contributed by atoms with van der Waals surface area (Å²) in [4.78, 5) is 0. The Morgan fingerprint density at radius 2 is 1.95 bits per heavy atom. The molecule has 0 aliphatic heterocycles. The molecule has 1 aliphatic rings. The molecule has 1 saturated carbocycles. The average Bonchev–Trinajstić information content (AvgIpc) is 2.71. The summed E-state index contributed by atoms with van der Waals surface area (Å²) in [6, 6.07) is 9.41. The quantitative estimate of drug-likeness (QED) is 0.886. The van der Waals surface area contributed by atoms with Crippen molar-refractivity contribution in [3.05, 3.63) is 35.5 Å².